The molecule has 2 N–H and O–H groups in total. The number of fused-ring (bicyclic) bond motifs is 3. The quantitative estimate of drug-likeness (QED) is 0.793. The van der Waals surface area contributed by atoms with Gasteiger partial charge in [0.15, 0.2) is 17.0 Å². The zero-order valence-corrected chi connectivity index (χ0v) is 10.3. The van der Waals surface area contributed by atoms with E-state index in [1.54, 1.807) is 32.3 Å². The van der Waals surface area contributed by atoms with Gasteiger partial charge in [0.2, 0.25) is 0 Å². The van der Waals surface area contributed by atoms with E-state index in [1.807, 2.05) is 17.0 Å². The Hall–Kier alpha value is -1.60. The fraction of sp³-hybridized carbons (Fsp3) is 0.300. The third-order valence-corrected chi connectivity index (χ3v) is 3.98. The average molecular weight is 252 g/mol. The van der Waals surface area contributed by atoms with E-state index in [2.05, 4.69) is 5.10 Å². The van der Waals surface area contributed by atoms with Gasteiger partial charge in [-0.25, -0.2) is 5.84 Å². The van der Waals surface area contributed by atoms with Crippen LogP contribution in [0.25, 0.3) is 0 Å². The number of ether oxygens (including phenoxy) is 2. The van der Waals surface area contributed by atoms with Crippen LogP contribution in [0.5, 0.6) is 11.5 Å². The first-order valence-electron chi connectivity index (χ1n) is 5.03. The van der Waals surface area contributed by atoms with Crippen LogP contribution in [-0.4, -0.2) is 31.2 Å². The summed E-state index contributed by atoms with van der Waals surface area (Å²) in [5.74, 6) is 7.18. The summed E-state index contributed by atoms with van der Waals surface area (Å²) in [6.07, 6.45) is 1.72. The molecule has 2 aliphatic heterocycles. The van der Waals surface area contributed by atoms with Gasteiger partial charge < -0.3 is 9.47 Å². The molecule has 6 nitrogen and oxygen atoms in total. The molecule has 17 heavy (non-hydrogen) atoms. The van der Waals surface area contributed by atoms with E-state index in [0.717, 1.165) is 16.3 Å². The van der Waals surface area contributed by atoms with Crippen molar-refractivity contribution in [3.63, 3.8) is 0 Å². The highest BCUT2D eigenvalue weighted by Crippen LogP contribution is 2.49. The van der Waals surface area contributed by atoms with Gasteiger partial charge in [-0.1, -0.05) is 11.8 Å². The predicted molar refractivity (Wildman–Crippen MR) is 66.2 cm³/mol. The molecule has 0 spiro atoms. The summed E-state index contributed by atoms with van der Waals surface area (Å²) in [6, 6.07) is 3.89. The molecule has 90 valence electrons. The molecule has 1 aromatic rings. The van der Waals surface area contributed by atoms with Crippen molar-refractivity contribution in [1.82, 2.24) is 5.12 Å². The van der Waals surface area contributed by atoms with Gasteiger partial charge >= 0.3 is 0 Å². The number of thioether (sulfide) groups is 1. The molecule has 2 heterocycles. The fourth-order valence-electron chi connectivity index (χ4n) is 1.91. The number of nitrogens with zero attached hydrogens (tertiary/aromatic N) is 3. The summed E-state index contributed by atoms with van der Waals surface area (Å²) in [5, 5.41) is 5.47. The molecule has 3 rings (SSSR count). The molecule has 1 aromatic carbocycles. The number of hydrazine groups is 1. The number of nitrogens with two attached hydrogens (primary N) is 1. The minimum absolute atomic E-state index is 0.0122. The summed E-state index contributed by atoms with van der Waals surface area (Å²) < 4.78 is 10.6. The zero-order valence-electron chi connectivity index (χ0n) is 9.45. The average Bonchev–Trinajstić information content (AvgIpc) is 2.87. The highest BCUT2D eigenvalue weighted by molar-refractivity contribution is 8.00. The first-order chi connectivity index (χ1) is 8.24. The van der Waals surface area contributed by atoms with Gasteiger partial charge in [-0.2, -0.15) is 5.12 Å². The molecule has 0 saturated carbocycles. The molecule has 2 aliphatic rings. The van der Waals surface area contributed by atoms with Crippen molar-refractivity contribution in [3.05, 3.63) is 12.1 Å². The van der Waals surface area contributed by atoms with Crippen LogP contribution in [0.2, 0.25) is 0 Å². The third kappa shape index (κ3) is 1.43. The molecule has 1 atom stereocenters. The van der Waals surface area contributed by atoms with Crippen molar-refractivity contribution in [3.8, 4) is 11.5 Å². The molecule has 1 unspecified atom stereocenters. The molecular formula is C10H12N4O2S. The van der Waals surface area contributed by atoms with E-state index >= 15 is 0 Å². The smallest absolute Gasteiger partial charge is 0.191 e. The van der Waals surface area contributed by atoms with Gasteiger partial charge in [-0.3, -0.25) is 4.90 Å². The third-order valence-electron chi connectivity index (χ3n) is 2.75. The predicted octanol–water partition coefficient (Wildman–Crippen LogP) is 1.03. The van der Waals surface area contributed by atoms with Crippen molar-refractivity contribution in [2.45, 2.75) is 10.4 Å². The van der Waals surface area contributed by atoms with Crippen LogP contribution in [0.1, 0.15) is 0 Å². The minimum atomic E-state index is -0.0122. The second-order valence-electron chi connectivity index (χ2n) is 3.64. The Labute approximate surface area is 103 Å². The number of hydrogen-bond acceptors (Lipinski definition) is 7. The standard InChI is InChI=1S/C10H12N4O2S/c1-15-7-3-6-9(4-8(7)16-2)17-10-13(6)5-12-14(10)11/h3-5,10H,11H2,1-2H3. The van der Waals surface area contributed by atoms with E-state index in [4.69, 9.17) is 15.3 Å². The molecule has 0 amide bonds. The van der Waals surface area contributed by atoms with Crippen LogP contribution in [0, 0.1) is 0 Å². The van der Waals surface area contributed by atoms with E-state index in [9.17, 15) is 0 Å². The number of hydrazone groups is 1. The lowest BCUT2D eigenvalue weighted by molar-refractivity contribution is 0.309. The maximum Gasteiger partial charge on any atom is 0.191 e. The molecule has 0 fully saturated rings. The lowest BCUT2D eigenvalue weighted by atomic mass is 10.2. The topological polar surface area (TPSA) is 63.3 Å². The summed E-state index contributed by atoms with van der Waals surface area (Å²) in [7, 11) is 3.25. The molecular weight excluding hydrogens is 240 g/mol. The first kappa shape index (κ1) is 10.5. The van der Waals surface area contributed by atoms with Crippen LogP contribution in [0.3, 0.4) is 0 Å². The minimum Gasteiger partial charge on any atom is -0.493 e. The van der Waals surface area contributed by atoms with Crippen LogP contribution in [0.4, 0.5) is 5.69 Å². The lowest BCUT2D eigenvalue weighted by Gasteiger charge is -2.18. The van der Waals surface area contributed by atoms with Gasteiger partial charge in [-0.15, -0.1) is 5.10 Å². The van der Waals surface area contributed by atoms with Crippen LogP contribution in [-0.2, 0) is 0 Å². The maximum atomic E-state index is 5.75. The Morgan fingerprint density at radius 1 is 1.29 bits per heavy atom. The normalized spacial score (nSPS) is 20.5. The van der Waals surface area contributed by atoms with E-state index in [-0.39, 0.29) is 5.50 Å². The van der Waals surface area contributed by atoms with Crippen molar-refractivity contribution in [2.24, 2.45) is 10.9 Å². The number of rotatable bonds is 2. The number of hydrogen-bond donors (Lipinski definition) is 1. The molecule has 7 heteroatoms. The van der Waals surface area contributed by atoms with Crippen molar-refractivity contribution in [1.29, 1.82) is 0 Å². The summed E-state index contributed by atoms with van der Waals surface area (Å²) in [5.41, 5.74) is 1.02. The van der Waals surface area contributed by atoms with E-state index in [1.165, 1.54) is 5.12 Å². The molecule has 0 radical (unpaired) electrons. The van der Waals surface area contributed by atoms with Gasteiger partial charge in [0.05, 0.1) is 19.9 Å². The molecule has 0 bridgehead atoms. The second kappa shape index (κ2) is 3.71. The molecule has 0 aliphatic carbocycles. The number of benzene rings is 1. The Morgan fingerprint density at radius 2 is 2.00 bits per heavy atom. The van der Waals surface area contributed by atoms with E-state index < -0.39 is 0 Å². The van der Waals surface area contributed by atoms with Crippen LogP contribution in [0.15, 0.2) is 22.1 Å². The second-order valence-corrected chi connectivity index (χ2v) is 4.73. The van der Waals surface area contributed by atoms with Crippen LogP contribution >= 0.6 is 11.8 Å². The van der Waals surface area contributed by atoms with Crippen molar-refractivity contribution in [2.75, 3.05) is 19.1 Å². The maximum absolute atomic E-state index is 5.75. The Kier molecular flexibility index (Phi) is 2.30. The Morgan fingerprint density at radius 3 is 2.71 bits per heavy atom. The first-order valence-corrected chi connectivity index (χ1v) is 5.91. The summed E-state index contributed by atoms with van der Waals surface area (Å²) >= 11 is 1.63. The van der Waals surface area contributed by atoms with Crippen LogP contribution < -0.4 is 20.2 Å². The van der Waals surface area contributed by atoms with E-state index in [0.29, 0.717) is 5.75 Å². The van der Waals surface area contributed by atoms with Gasteiger partial charge in [0.1, 0.15) is 6.34 Å². The van der Waals surface area contributed by atoms with Gasteiger partial charge in [0.25, 0.3) is 0 Å². The van der Waals surface area contributed by atoms with Crippen molar-refractivity contribution >= 4 is 23.8 Å². The highest BCUT2D eigenvalue weighted by Gasteiger charge is 2.37. The lowest BCUT2D eigenvalue weighted by Crippen LogP contribution is -2.37. The van der Waals surface area contributed by atoms with Crippen molar-refractivity contribution < 1.29 is 9.47 Å². The van der Waals surface area contributed by atoms with Gasteiger partial charge in [-0.05, 0) is 6.07 Å². The monoisotopic (exact) mass is 252 g/mol. The number of methoxy groups -OCH3 is 2. The molecule has 0 saturated heterocycles. The molecule has 0 aromatic heterocycles. The Bertz CT molecular complexity index is 493. The highest BCUT2D eigenvalue weighted by atomic mass is 32.2. The summed E-state index contributed by atoms with van der Waals surface area (Å²) in [4.78, 5) is 3.11. The number of anilines is 1. The summed E-state index contributed by atoms with van der Waals surface area (Å²) in [6.45, 7) is 0. The van der Waals surface area contributed by atoms with Gasteiger partial charge in [0, 0.05) is 11.0 Å². The SMILES string of the molecule is COc1cc2c(cc1OC)N1C=NN(N)C1S2. The zero-order chi connectivity index (χ0) is 12.0. The largest absolute Gasteiger partial charge is 0.493 e. The Balaban J connectivity index is 2.07. The fourth-order valence-corrected chi connectivity index (χ4v) is 3.04.